The van der Waals surface area contributed by atoms with Gasteiger partial charge in [-0.05, 0) is 6.92 Å². The number of carboxylic acid groups (broad SMARTS) is 1. The van der Waals surface area contributed by atoms with Gasteiger partial charge in [-0.2, -0.15) is 0 Å². The molecule has 0 aromatic carbocycles. The molecule has 7 nitrogen and oxygen atoms in total. The predicted molar refractivity (Wildman–Crippen MR) is 72.4 cm³/mol. The van der Waals surface area contributed by atoms with Crippen molar-refractivity contribution in [3.05, 3.63) is 16.1 Å². The first-order chi connectivity index (χ1) is 9.58. The Kier molecular flexibility index (Phi) is 4.69. The Bertz CT molecular complexity index is 505. The normalized spacial score (nSPS) is 21.9. The maximum absolute atomic E-state index is 12.4. The zero-order valence-corrected chi connectivity index (χ0v) is 11.9. The number of amides is 1. The Morgan fingerprint density at radius 1 is 1.60 bits per heavy atom. The number of aliphatic carboxylic acids is 1. The maximum Gasteiger partial charge on any atom is 0.311 e. The molecule has 0 bridgehead atoms. The van der Waals surface area contributed by atoms with Crippen molar-refractivity contribution in [2.45, 2.75) is 19.5 Å². The summed E-state index contributed by atoms with van der Waals surface area (Å²) in [6, 6.07) is -0.451. The van der Waals surface area contributed by atoms with E-state index in [2.05, 4.69) is 4.98 Å². The molecule has 1 fully saturated rings. The minimum Gasteiger partial charge on any atom is -0.481 e. The van der Waals surface area contributed by atoms with Crippen molar-refractivity contribution in [2.24, 2.45) is 11.7 Å². The largest absolute Gasteiger partial charge is 0.481 e. The standard InChI is InChI=1S/C12H17N3O4S/c1-2-15(9-5-19-4-7(9)12(17)18)11(16)8-6-20-10(3-13)14-8/h6-7,9H,2-5,13H2,1H3,(H,17,18). The molecular weight excluding hydrogens is 282 g/mol. The Morgan fingerprint density at radius 3 is 2.90 bits per heavy atom. The maximum atomic E-state index is 12.4. The van der Waals surface area contributed by atoms with Crippen LogP contribution in [0.5, 0.6) is 0 Å². The van der Waals surface area contributed by atoms with Crippen molar-refractivity contribution in [1.82, 2.24) is 9.88 Å². The fraction of sp³-hybridized carbons (Fsp3) is 0.583. The molecule has 0 aliphatic carbocycles. The molecule has 8 heteroatoms. The van der Waals surface area contributed by atoms with Gasteiger partial charge in [0.05, 0.1) is 19.3 Å². The highest BCUT2D eigenvalue weighted by Crippen LogP contribution is 2.22. The van der Waals surface area contributed by atoms with Gasteiger partial charge in [0, 0.05) is 18.5 Å². The van der Waals surface area contributed by atoms with Crippen molar-refractivity contribution in [3.63, 3.8) is 0 Å². The third-order valence-corrected chi connectivity index (χ3v) is 4.19. The number of carbonyl (C=O) groups excluding carboxylic acids is 1. The molecule has 2 rings (SSSR count). The summed E-state index contributed by atoms with van der Waals surface area (Å²) in [6.45, 7) is 2.88. The first-order valence-corrected chi connectivity index (χ1v) is 7.22. The molecule has 2 unspecified atom stereocenters. The first-order valence-electron chi connectivity index (χ1n) is 6.34. The Morgan fingerprint density at radius 2 is 2.35 bits per heavy atom. The predicted octanol–water partition coefficient (Wildman–Crippen LogP) is 0.163. The van der Waals surface area contributed by atoms with E-state index in [4.69, 9.17) is 10.5 Å². The van der Waals surface area contributed by atoms with Gasteiger partial charge in [0.25, 0.3) is 5.91 Å². The molecule has 1 aromatic rings. The third kappa shape index (κ3) is 2.82. The molecule has 2 heterocycles. The lowest BCUT2D eigenvalue weighted by molar-refractivity contribution is -0.142. The van der Waals surface area contributed by atoms with Crippen LogP contribution in [0, 0.1) is 5.92 Å². The van der Waals surface area contributed by atoms with Crippen LogP contribution in [0.15, 0.2) is 5.38 Å². The molecule has 1 amide bonds. The molecule has 1 aliphatic rings. The van der Waals surface area contributed by atoms with E-state index in [9.17, 15) is 14.7 Å². The zero-order chi connectivity index (χ0) is 14.7. The van der Waals surface area contributed by atoms with Crippen LogP contribution in [0.3, 0.4) is 0 Å². The van der Waals surface area contributed by atoms with E-state index in [1.807, 2.05) is 6.92 Å². The monoisotopic (exact) mass is 299 g/mol. The highest BCUT2D eigenvalue weighted by molar-refractivity contribution is 7.09. The molecule has 1 aromatic heterocycles. The van der Waals surface area contributed by atoms with Gasteiger partial charge < -0.3 is 20.5 Å². The smallest absolute Gasteiger partial charge is 0.311 e. The summed E-state index contributed by atoms with van der Waals surface area (Å²) in [5, 5.41) is 11.5. The Labute approximate surface area is 120 Å². The van der Waals surface area contributed by atoms with E-state index in [1.54, 1.807) is 5.38 Å². The van der Waals surface area contributed by atoms with Crippen molar-refractivity contribution in [1.29, 1.82) is 0 Å². The Hall–Kier alpha value is -1.51. The first kappa shape index (κ1) is 14.9. The average Bonchev–Trinajstić information content (AvgIpc) is 3.08. The fourth-order valence-corrected chi connectivity index (χ4v) is 2.91. The van der Waals surface area contributed by atoms with Crippen molar-refractivity contribution >= 4 is 23.2 Å². The molecule has 0 saturated carbocycles. The number of thiazole rings is 1. The number of aromatic nitrogens is 1. The topological polar surface area (TPSA) is 106 Å². The van der Waals surface area contributed by atoms with Gasteiger partial charge in [0.1, 0.15) is 16.6 Å². The number of hydrogen-bond donors (Lipinski definition) is 2. The van der Waals surface area contributed by atoms with Crippen LogP contribution in [0.2, 0.25) is 0 Å². The van der Waals surface area contributed by atoms with Crippen LogP contribution < -0.4 is 5.73 Å². The van der Waals surface area contributed by atoms with Crippen LogP contribution >= 0.6 is 11.3 Å². The molecule has 1 aliphatic heterocycles. The second-order valence-corrected chi connectivity index (χ2v) is 5.41. The average molecular weight is 299 g/mol. The van der Waals surface area contributed by atoms with Crippen molar-refractivity contribution < 1.29 is 19.4 Å². The summed E-state index contributed by atoms with van der Waals surface area (Å²) in [5.41, 5.74) is 5.79. The zero-order valence-electron chi connectivity index (χ0n) is 11.1. The molecule has 20 heavy (non-hydrogen) atoms. The number of carbonyl (C=O) groups is 2. The number of likely N-dealkylation sites (N-methyl/N-ethyl adjacent to an activating group) is 1. The van der Waals surface area contributed by atoms with E-state index in [0.29, 0.717) is 17.2 Å². The van der Waals surface area contributed by atoms with Gasteiger partial charge in [-0.15, -0.1) is 11.3 Å². The molecular formula is C12H17N3O4S. The number of nitrogens with two attached hydrogens (primary N) is 1. The van der Waals surface area contributed by atoms with E-state index in [1.165, 1.54) is 16.2 Å². The molecule has 1 saturated heterocycles. The van der Waals surface area contributed by atoms with Gasteiger partial charge in [-0.25, -0.2) is 4.98 Å². The highest BCUT2D eigenvalue weighted by Gasteiger charge is 2.40. The van der Waals surface area contributed by atoms with E-state index >= 15 is 0 Å². The second-order valence-electron chi connectivity index (χ2n) is 4.47. The van der Waals surface area contributed by atoms with Gasteiger partial charge >= 0.3 is 5.97 Å². The van der Waals surface area contributed by atoms with Crippen LogP contribution in [0.25, 0.3) is 0 Å². The molecule has 0 spiro atoms. The summed E-state index contributed by atoms with van der Waals surface area (Å²) in [4.78, 5) is 29.3. The quantitative estimate of drug-likeness (QED) is 0.802. The lowest BCUT2D eigenvalue weighted by atomic mass is 10.0. The minimum absolute atomic E-state index is 0.134. The fourth-order valence-electron chi connectivity index (χ4n) is 2.26. The molecule has 3 N–H and O–H groups in total. The summed E-state index contributed by atoms with van der Waals surface area (Å²) < 4.78 is 5.21. The number of rotatable bonds is 5. The molecule has 0 radical (unpaired) electrons. The van der Waals surface area contributed by atoms with Crippen molar-refractivity contribution in [2.75, 3.05) is 19.8 Å². The highest BCUT2D eigenvalue weighted by atomic mass is 32.1. The third-order valence-electron chi connectivity index (χ3n) is 3.32. The van der Waals surface area contributed by atoms with Crippen LogP contribution in [0.1, 0.15) is 22.4 Å². The summed E-state index contributed by atoms with van der Waals surface area (Å²) in [5.74, 6) is -1.91. The lowest BCUT2D eigenvalue weighted by Crippen LogP contribution is -2.46. The minimum atomic E-state index is -0.945. The SMILES string of the molecule is CCN(C(=O)c1csc(CN)n1)C1COCC1C(=O)O. The van der Waals surface area contributed by atoms with Gasteiger partial charge in [-0.3, -0.25) is 9.59 Å². The van der Waals surface area contributed by atoms with E-state index < -0.39 is 17.9 Å². The van der Waals surface area contributed by atoms with Crippen LogP contribution in [-0.4, -0.2) is 52.7 Å². The van der Waals surface area contributed by atoms with Gasteiger partial charge in [-0.1, -0.05) is 0 Å². The number of carboxylic acids is 1. The van der Waals surface area contributed by atoms with E-state index in [-0.39, 0.29) is 25.7 Å². The second kappa shape index (κ2) is 6.29. The van der Waals surface area contributed by atoms with Crippen molar-refractivity contribution in [3.8, 4) is 0 Å². The Balaban J connectivity index is 2.18. The summed E-state index contributed by atoms with van der Waals surface area (Å²) >= 11 is 1.32. The number of hydrogen-bond acceptors (Lipinski definition) is 6. The van der Waals surface area contributed by atoms with Gasteiger partial charge in [0.2, 0.25) is 0 Å². The van der Waals surface area contributed by atoms with Crippen LogP contribution in [-0.2, 0) is 16.1 Å². The van der Waals surface area contributed by atoms with E-state index in [0.717, 1.165) is 0 Å². The summed E-state index contributed by atoms with van der Waals surface area (Å²) in [6.07, 6.45) is 0. The number of ether oxygens (including phenoxy) is 1. The van der Waals surface area contributed by atoms with Crippen LogP contribution in [0.4, 0.5) is 0 Å². The summed E-state index contributed by atoms with van der Waals surface area (Å²) in [7, 11) is 0. The lowest BCUT2D eigenvalue weighted by Gasteiger charge is -2.28. The number of nitrogens with zero attached hydrogens (tertiary/aromatic N) is 2. The molecule has 110 valence electrons. The van der Waals surface area contributed by atoms with Gasteiger partial charge in [0.15, 0.2) is 0 Å². The molecule has 2 atom stereocenters.